The van der Waals surface area contributed by atoms with Crippen molar-refractivity contribution in [3.05, 3.63) is 52.3 Å². The normalized spacial score (nSPS) is 10.5. The third-order valence-electron chi connectivity index (χ3n) is 2.04. The van der Waals surface area contributed by atoms with Crippen molar-refractivity contribution >= 4 is 23.2 Å². The minimum Gasteiger partial charge on any atom is -0.190 e. The number of benzene rings is 1. The van der Waals surface area contributed by atoms with E-state index in [9.17, 15) is 8.78 Å². The van der Waals surface area contributed by atoms with Gasteiger partial charge in [-0.05, 0) is 24.3 Å². The van der Waals surface area contributed by atoms with Crippen LogP contribution in [0, 0.1) is 11.9 Å². The second-order valence-electron chi connectivity index (χ2n) is 3.10. The lowest BCUT2D eigenvalue weighted by atomic mass is 10.1. The zero-order chi connectivity index (χ0) is 11.7. The molecule has 0 spiro atoms. The van der Waals surface area contributed by atoms with Crippen LogP contribution in [-0.4, -0.2) is 4.98 Å². The number of halogens is 4. The third kappa shape index (κ3) is 2.15. The van der Waals surface area contributed by atoms with Crippen molar-refractivity contribution in [2.24, 2.45) is 0 Å². The Morgan fingerprint density at radius 3 is 2.25 bits per heavy atom. The SMILES string of the molecule is Fc1ccc(-c2ccc(Cl)cc2Cl)c(F)n1. The summed E-state index contributed by atoms with van der Waals surface area (Å²) in [6.45, 7) is 0. The molecule has 2 rings (SSSR count). The number of aromatic nitrogens is 1. The predicted octanol–water partition coefficient (Wildman–Crippen LogP) is 4.33. The summed E-state index contributed by atoms with van der Waals surface area (Å²) in [4.78, 5) is 3.09. The molecule has 0 aliphatic rings. The second kappa shape index (κ2) is 4.36. The number of hydrogen-bond acceptors (Lipinski definition) is 1. The van der Waals surface area contributed by atoms with E-state index in [1.165, 1.54) is 12.1 Å². The second-order valence-corrected chi connectivity index (χ2v) is 3.94. The van der Waals surface area contributed by atoms with Crippen LogP contribution in [0.15, 0.2) is 30.3 Å². The fraction of sp³-hybridized carbons (Fsp3) is 0. The Balaban J connectivity index is 2.59. The molecule has 0 N–H and O–H groups in total. The Hall–Kier alpha value is -1.19. The van der Waals surface area contributed by atoms with E-state index in [1.807, 2.05) is 0 Å². The topological polar surface area (TPSA) is 12.9 Å². The fourth-order valence-corrected chi connectivity index (χ4v) is 1.83. The summed E-state index contributed by atoms with van der Waals surface area (Å²) < 4.78 is 26.0. The van der Waals surface area contributed by atoms with Crippen LogP contribution in [0.25, 0.3) is 11.1 Å². The van der Waals surface area contributed by atoms with Crippen LogP contribution in [0.4, 0.5) is 8.78 Å². The van der Waals surface area contributed by atoms with Crippen LogP contribution in [0.5, 0.6) is 0 Å². The minimum atomic E-state index is -0.899. The molecule has 82 valence electrons. The predicted molar refractivity (Wildman–Crippen MR) is 59.6 cm³/mol. The third-order valence-corrected chi connectivity index (χ3v) is 2.58. The monoisotopic (exact) mass is 259 g/mol. The average Bonchev–Trinajstić information content (AvgIpc) is 2.19. The molecule has 0 radical (unpaired) electrons. The largest absolute Gasteiger partial charge is 0.223 e. The molecule has 2 aromatic rings. The zero-order valence-corrected chi connectivity index (χ0v) is 9.36. The Morgan fingerprint density at radius 1 is 0.938 bits per heavy atom. The van der Waals surface area contributed by atoms with E-state index in [4.69, 9.17) is 23.2 Å². The van der Waals surface area contributed by atoms with Gasteiger partial charge in [-0.25, -0.2) is 0 Å². The average molecular weight is 260 g/mol. The summed E-state index contributed by atoms with van der Waals surface area (Å²) >= 11 is 11.6. The van der Waals surface area contributed by atoms with Crippen LogP contribution in [0.3, 0.4) is 0 Å². The Bertz CT molecular complexity index is 494. The maximum atomic E-state index is 13.4. The fourth-order valence-electron chi connectivity index (χ4n) is 1.32. The summed E-state index contributed by atoms with van der Waals surface area (Å²) in [7, 11) is 0. The standard InChI is InChI=1S/C11H5Cl2F2N/c12-6-1-2-7(9(13)5-6)8-3-4-10(14)16-11(8)15/h1-5H. The van der Waals surface area contributed by atoms with Gasteiger partial charge < -0.3 is 0 Å². The molecule has 0 amide bonds. The Kier molecular flexibility index (Phi) is 3.08. The van der Waals surface area contributed by atoms with Crippen molar-refractivity contribution in [3.8, 4) is 11.1 Å². The van der Waals surface area contributed by atoms with Gasteiger partial charge in [0.25, 0.3) is 0 Å². The van der Waals surface area contributed by atoms with Crippen LogP contribution in [0.2, 0.25) is 10.0 Å². The molecule has 1 nitrogen and oxygen atoms in total. The molecule has 0 bridgehead atoms. The van der Waals surface area contributed by atoms with Gasteiger partial charge in [0.2, 0.25) is 11.9 Å². The lowest BCUT2D eigenvalue weighted by molar-refractivity contribution is 0.515. The lowest BCUT2D eigenvalue weighted by Crippen LogP contribution is -1.92. The van der Waals surface area contributed by atoms with E-state index in [0.717, 1.165) is 6.07 Å². The van der Waals surface area contributed by atoms with Crippen molar-refractivity contribution in [3.63, 3.8) is 0 Å². The van der Waals surface area contributed by atoms with Gasteiger partial charge in [0.05, 0.1) is 5.02 Å². The first-order chi connectivity index (χ1) is 7.58. The van der Waals surface area contributed by atoms with Crippen molar-refractivity contribution in [1.82, 2.24) is 4.98 Å². The molecule has 0 saturated carbocycles. The van der Waals surface area contributed by atoms with Crippen LogP contribution in [0.1, 0.15) is 0 Å². The van der Waals surface area contributed by atoms with E-state index < -0.39 is 11.9 Å². The maximum Gasteiger partial charge on any atom is 0.223 e. The highest BCUT2D eigenvalue weighted by Gasteiger charge is 2.11. The van der Waals surface area contributed by atoms with Crippen LogP contribution < -0.4 is 0 Å². The van der Waals surface area contributed by atoms with E-state index in [1.54, 1.807) is 12.1 Å². The van der Waals surface area contributed by atoms with Gasteiger partial charge in [-0.3, -0.25) is 0 Å². The highest BCUT2D eigenvalue weighted by atomic mass is 35.5. The van der Waals surface area contributed by atoms with Crippen LogP contribution in [-0.2, 0) is 0 Å². The Morgan fingerprint density at radius 2 is 1.62 bits per heavy atom. The first-order valence-corrected chi connectivity index (χ1v) is 5.11. The van der Waals surface area contributed by atoms with Gasteiger partial charge in [-0.1, -0.05) is 29.3 Å². The molecule has 0 aliphatic carbocycles. The molecule has 0 unspecified atom stereocenters. The summed E-state index contributed by atoms with van der Waals surface area (Å²) in [5.74, 6) is -1.77. The van der Waals surface area contributed by atoms with Gasteiger partial charge in [0.15, 0.2) is 0 Å². The molecule has 0 saturated heterocycles. The quantitative estimate of drug-likeness (QED) is 0.695. The van der Waals surface area contributed by atoms with E-state index in [2.05, 4.69) is 4.98 Å². The zero-order valence-electron chi connectivity index (χ0n) is 7.85. The van der Waals surface area contributed by atoms with Gasteiger partial charge in [0.1, 0.15) is 0 Å². The van der Waals surface area contributed by atoms with E-state index in [0.29, 0.717) is 15.6 Å². The molecule has 0 aliphatic heterocycles. The van der Waals surface area contributed by atoms with Gasteiger partial charge in [-0.2, -0.15) is 13.8 Å². The highest BCUT2D eigenvalue weighted by Crippen LogP contribution is 2.31. The van der Waals surface area contributed by atoms with Crippen molar-refractivity contribution in [2.75, 3.05) is 0 Å². The molecule has 1 aromatic heterocycles. The van der Waals surface area contributed by atoms with Crippen LogP contribution >= 0.6 is 23.2 Å². The van der Waals surface area contributed by atoms with Gasteiger partial charge in [0, 0.05) is 16.1 Å². The highest BCUT2D eigenvalue weighted by molar-refractivity contribution is 6.36. The molecule has 16 heavy (non-hydrogen) atoms. The van der Waals surface area contributed by atoms with Crippen molar-refractivity contribution < 1.29 is 8.78 Å². The molecule has 1 heterocycles. The van der Waals surface area contributed by atoms with E-state index in [-0.39, 0.29) is 5.56 Å². The van der Waals surface area contributed by atoms with E-state index >= 15 is 0 Å². The Labute approximate surface area is 101 Å². The molecular weight excluding hydrogens is 255 g/mol. The molecule has 1 aromatic carbocycles. The minimum absolute atomic E-state index is 0.142. The first kappa shape index (κ1) is 11.3. The molecule has 0 atom stereocenters. The number of hydrogen-bond donors (Lipinski definition) is 0. The lowest BCUT2D eigenvalue weighted by Gasteiger charge is -2.05. The summed E-state index contributed by atoms with van der Waals surface area (Å²) in [6.07, 6.45) is 0. The summed E-state index contributed by atoms with van der Waals surface area (Å²) in [6, 6.07) is 6.98. The smallest absolute Gasteiger partial charge is 0.190 e. The molecular formula is C11H5Cl2F2N. The van der Waals surface area contributed by atoms with Gasteiger partial charge in [-0.15, -0.1) is 0 Å². The first-order valence-electron chi connectivity index (χ1n) is 4.35. The van der Waals surface area contributed by atoms with Gasteiger partial charge >= 0.3 is 0 Å². The number of pyridine rings is 1. The number of rotatable bonds is 1. The van der Waals surface area contributed by atoms with Crippen molar-refractivity contribution in [1.29, 1.82) is 0 Å². The molecule has 5 heteroatoms. The number of nitrogens with zero attached hydrogens (tertiary/aromatic N) is 1. The summed E-state index contributed by atoms with van der Waals surface area (Å²) in [5, 5.41) is 0.740. The van der Waals surface area contributed by atoms with Crippen molar-refractivity contribution in [2.45, 2.75) is 0 Å². The molecule has 0 fully saturated rings. The summed E-state index contributed by atoms with van der Waals surface area (Å²) in [5.41, 5.74) is 0.569. The maximum absolute atomic E-state index is 13.4.